The average Bonchev–Trinajstić information content (AvgIpc) is 3.03. The van der Waals surface area contributed by atoms with Crippen LogP contribution in [0.1, 0.15) is 21.3 Å². The standard InChI is InChI=1S/C15H14N2O5S/c1-16(2)14(18)13(10-6-4-3-5-7-10)22-15(19)11-8-9-12(23-11)17(20)21/h3-9,13H,1-2H3/t13-/m1/s1. The Morgan fingerprint density at radius 3 is 2.35 bits per heavy atom. The highest BCUT2D eigenvalue weighted by Gasteiger charge is 2.28. The summed E-state index contributed by atoms with van der Waals surface area (Å²) in [5, 5.41) is 10.5. The van der Waals surface area contributed by atoms with Crippen LogP contribution in [0.3, 0.4) is 0 Å². The molecule has 0 spiro atoms. The summed E-state index contributed by atoms with van der Waals surface area (Å²) in [6.45, 7) is 0. The zero-order valence-electron chi connectivity index (χ0n) is 12.5. The van der Waals surface area contributed by atoms with E-state index >= 15 is 0 Å². The van der Waals surface area contributed by atoms with E-state index in [0.29, 0.717) is 16.9 Å². The molecule has 2 rings (SSSR count). The van der Waals surface area contributed by atoms with Gasteiger partial charge in [0, 0.05) is 25.7 Å². The van der Waals surface area contributed by atoms with Crippen molar-refractivity contribution in [2.75, 3.05) is 14.1 Å². The van der Waals surface area contributed by atoms with Gasteiger partial charge in [0.1, 0.15) is 4.88 Å². The quantitative estimate of drug-likeness (QED) is 0.476. The van der Waals surface area contributed by atoms with Gasteiger partial charge in [0.25, 0.3) is 5.91 Å². The number of esters is 1. The van der Waals surface area contributed by atoms with Crippen molar-refractivity contribution in [3.63, 3.8) is 0 Å². The molecule has 1 heterocycles. The van der Waals surface area contributed by atoms with Crippen molar-refractivity contribution >= 4 is 28.2 Å². The van der Waals surface area contributed by atoms with E-state index in [1.54, 1.807) is 44.4 Å². The Morgan fingerprint density at radius 1 is 1.17 bits per heavy atom. The first-order valence-corrected chi connectivity index (χ1v) is 7.43. The largest absolute Gasteiger partial charge is 0.443 e. The number of hydrogen-bond donors (Lipinski definition) is 0. The van der Waals surface area contributed by atoms with Gasteiger partial charge in [-0.2, -0.15) is 0 Å². The van der Waals surface area contributed by atoms with Gasteiger partial charge < -0.3 is 9.64 Å². The molecular weight excluding hydrogens is 320 g/mol. The average molecular weight is 334 g/mol. The van der Waals surface area contributed by atoms with E-state index in [1.807, 2.05) is 0 Å². The highest BCUT2D eigenvalue weighted by Crippen LogP contribution is 2.27. The van der Waals surface area contributed by atoms with E-state index in [4.69, 9.17) is 4.74 Å². The Morgan fingerprint density at radius 2 is 1.83 bits per heavy atom. The monoisotopic (exact) mass is 334 g/mol. The van der Waals surface area contributed by atoms with Gasteiger partial charge in [0.2, 0.25) is 6.10 Å². The maximum absolute atomic E-state index is 12.3. The summed E-state index contributed by atoms with van der Waals surface area (Å²) in [6.07, 6.45) is -1.10. The van der Waals surface area contributed by atoms with E-state index in [2.05, 4.69) is 0 Å². The maximum atomic E-state index is 12.3. The lowest BCUT2D eigenvalue weighted by molar-refractivity contribution is -0.380. The third-order valence-corrected chi connectivity index (χ3v) is 3.98. The van der Waals surface area contributed by atoms with Crippen LogP contribution < -0.4 is 0 Å². The molecule has 1 atom stereocenters. The normalized spacial score (nSPS) is 11.6. The van der Waals surface area contributed by atoms with Crippen LogP contribution in [-0.4, -0.2) is 35.8 Å². The minimum atomic E-state index is -1.10. The molecule has 120 valence electrons. The molecule has 0 aliphatic carbocycles. The molecule has 1 aromatic carbocycles. The number of rotatable bonds is 5. The SMILES string of the molecule is CN(C)C(=O)[C@H](OC(=O)c1ccc([N+](=O)[O-])s1)c1ccccc1. The van der Waals surface area contributed by atoms with Crippen molar-refractivity contribution in [1.82, 2.24) is 4.90 Å². The number of nitrogens with zero attached hydrogens (tertiary/aromatic N) is 2. The number of carbonyl (C=O) groups excluding carboxylic acids is 2. The molecule has 1 aromatic heterocycles. The van der Waals surface area contributed by atoms with Crippen LogP contribution in [0, 0.1) is 10.1 Å². The second-order valence-electron chi connectivity index (χ2n) is 4.82. The predicted molar refractivity (Wildman–Crippen MR) is 84.3 cm³/mol. The first-order valence-electron chi connectivity index (χ1n) is 6.61. The molecule has 0 unspecified atom stereocenters. The second-order valence-corrected chi connectivity index (χ2v) is 5.89. The fourth-order valence-electron chi connectivity index (χ4n) is 1.82. The lowest BCUT2D eigenvalue weighted by Gasteiger charge is -2.20. The van der Waals surface area contributed by atoms with Crippen molar-refractivity contribution in [3.05, 3.63) is 63.0 Å². The number of hydrogen-bond acceptors (Lipinski definition) is 6. The van der Waals surface area contributed by atoms with E-state index < -0.39 is 22.9 Å². The molecule has 0 aliphatic rings. The number of benzene rings is 1. The van der Waals surface area contributed by atoms with Crippen LogP contribution in [0.4, 0.5) is 5.00 Å². The number of likely N-dealkylation sites (N-methyl/N-ethyl adjacent to an activating group) is 1. The summed E-state index contributed by atoms with van der Waals surface area (Å²) >= 11 is 0.708. The van der Waals surface area contributed by atoms with Crippen LogP contribution in [0.5, 0.6) is 0 Å². The molecule has 0 aliphatic heterocycles. The number of thiophene rings is 1. The van der Waals surface area contributed by atoms with Gasteiger partial charge in [-0.25, -0.2) is 4.79 Å². The number of nitro groups is 1. The van der Waals surface area contributed by atoms with Crippen molar-refractivity contribution in [2.24, 2.45) is 0 Å². The van der Waals surface area contributed by atoms with Gasteiger partial charge in [0.05, 0.1) is 4.92 Å². The Bertz CT molecular complexity index is 726. The van der Waals surface area contributed by atoms with Crippen molar-refractivity contribution in [3.8, 4) is 0 Å². The predicted octanol–water partition coefficient (Wildman–Crippen LogP) is 2.64. The van der Waals surface area contributed by atoms with Gasteiger partial charge in [-0.1, -0.05) is 41.7 Å². The highest BCUT2D eigenvalue weighted by molar-refractivity contribution is 7.17. The van der Waals surface area contributed by atoms with Crippen LogP contribution in [0.25, 0.3) is 0 Å². The number of ether oxygens (including phenoxy) is 1. The molecule has 0 fully saturated rings. The first kappa shape index (κ1) is 16.6. The van der Waals surface area contributed by atoms with Crippen LogP contribution in [0.15, 0.2) is 42.5 Å². The molecule has 0 saturated heterocycles. The van der Waals surface area contributed by atoms with Crippen LogP contribution in [0.2, 0.25) is 0 Å². The molecule has 0 N–H and O–H groups in total. The summed E-state index contributed by atoms with van der Waals surface area (Å²) < 4.78 is 5.30. The van der Waals surface area contributed by atoms with Crippen LogP contribution in [-0.2, 0) is 9.53 Å². The first-order chi connectivity index (χ1) is 10.9. The molecule has 7 nitrogen and oxygen atoms in total. The molecule has 0 saturated carbocycles. The highest BCUT2D eigenvalue weighted by atomic mass is 32.1. The number of carbonyl (C=O) groups is 2. The topological polar surface area (TPSA) is 89.8 Å². The Hall–Kier alpha value is -2.74. The van der Waals surface area contributed by atoms with E-state index in [0.717, 1.165) is 0 Å². The van der Waals surface area contributed by atoms with E-state index in [1.165, 1.54) is 17.0 Å². The van der Waals surface area contributed by atoms with Gasteiger partial charge in [-0.05, 0) is 6.07 Å². The smallest absolute Gasteiger partial charge is 0.349 e. The lowest BCUT2D eigenvalue weighted by atomic mass is 10.1. The van der Waals surface area contributed by atoms with E-state index in [9.17, 15) is 19.7 Å². The van der Waals surface area contributed by atoms with Gasteiger partial charge >= 0.3 is 11.0 Å². The minimum absolute atomic E-state index is 0.0733. The summed E-state index contributed by atoms with van der Waals surface area (Å²) in [5.41, 5.74) is 0.533. The third-order valence-electron chi connectivity index (χ3n) is 2.97. The molecule has 8 heteroatoms. The van der Waals surface area contributed by atoms with Gasteiger partial charge in [-0.3, -0.25) is 14.9 Å². The summed E-state index contributed by atoms with van der Waals surface area (Å²) in [5.74, 6) is -1.16. The van der Waals surface area contributed by atoms with Crippen LogP contribution >= 0.6 is 11.3 Å². The molecule has 1 amide bonds. The second kappa shape index (κ2) is 7.01. The van der Waals surface area contributed by atoms with E-state index in [-0.39, 0.29) is 9.88 Å². The summed E-state index contributed by atoms with van der Waals surface area (Å²) in [4.78, 5) is 35.9. The zero-order chi connectivity index (χ0) is 17.0. The summed E-state index contributed by atoms with van der Waals surface area (Å²) in [6, 6.07) is 11.1. The minimum Gasteiger partial charge on any atom is -0.443 e. The zero-order valence-corrected chi connectivity index (χ0v) is 13.3. The maximum Gasteiger partial charge on any atom is 0.349 e. The molecular formula is C15H14N2O5S. The van der Waals surface area contributed by atoms with Gasteiger partial charge in [-0.15, -0.1) is 0 Å². The third kappa shape index (κ3) is 3.92. The lowest BCUT2D eigenvalue weighted by Crippen LogP contribution is -2.31. The molecule has 0 bridgehead atoms. The fraction of sp³-hybridized carbons (Fsp3) is 0.200. The molecule has 0 radical (unpaired) electrons. The van der Waals surface area contributed by atoms with Crippen molar-refractivity contribution in [2.45, 2.75) is 6.10 Å². The van der Waals surface area contributed by atoms with Crippen molar-refractivity contribution < 1.29 is 19.2 Å². The molecule has 23 heavy (non-hydrogen) atoms. The van der Waals surface area contributed by atoms with Gasteiger partial charge in [0.15, 0.2) is 0 Å². The van der Waals surface area contributed by atoms with Crippen molar-refractivity contribution in [1.29, 1.82) is 0 Å². The Labute approximate surface area is 136 Å². The fourth-order valence-corrected chi connectivity index (χ4v) is 2.53. The molecule has 2 aromatic rings. The summed E-state index contributed by atoms with van der Waals surface area (Å²) in [7, 11) is 3.12. The Kier molecular flexibility index (Phi) is 5.07. The number of amides is 1. The Balaban J connectivity index is 2.25.